The second kappa shape index (κ2) is 9.29. The number of carbonyl (C=O) groups excluding carboxylic acids is 2. The lowest BCUT2D eigenvalue weighted by Crippen LogP contribution is -2.36. The summed E-state index contributed by atoms with van der Waals surface area (Å²) in [5.74, 6) is -3.48. The topological polar surface area (TPSA) is 95.7 Å². The van der Waals surface area contributed by atoms with E-state index in [0.29, 0.717) is 6.42 Å². The number of carbonyl (C=O) groups is 2. The fraction of sp³-hybridized carbons (Fsp3) is 0.833. The predicted octanol–water partition coefficient (Wildman–Crippen LogP) is 1.42. The molecule has 7 heteroatoms. The molecule has 0 fully saturated rings. The van der Waals surface area contributed by atoms with Crippen molar-refractivity contribution in [1.82, 2.24) is 0 Å². The lowest BCUT2D eigenvalue weighted by molar-refractivity contribution is -0.489. The summed E-state index contributed by atoms with van der Waals surface area (Å²) in [6.45, 7) is 1.55. The van der Waals surface area contributed by atoms with E-state index >= 15 is 0 Å². The van der Waals surface area contributed by atoms with Gasteiger partial charge in [-0.3, -0.25) is 19.7 Å². The number of ether oxygens (including phenoxy) is 2. The molecular weight excluding hydrogens is 254 g/mol. The van der Waals surface area contributed by atoms with E-state index in [1.807, 2.05) is 6.92 Å². The predicted molar refractivity (Wildman–Crippen MR) is 67.0 cm³/mol. The van der Waals surface area contributed by atoms with Crippen LogP contribution >= 0.6 is 0 Å². The van der Waals surface area contributed by atoms with Crippen LogP contribution in [0.25, 0.3) is 0 Å². The Kier molecular flexibility index (Phi) is 8.48. The van der Waals surface area contributed by atoms with Gasteiger partial charge in [0.1, 0.15) is 0 Å². The Morgan fingerprint density at radius 2 is 1.68 bits per heavy atom. The Labute approximate surface area is 112 Å². The third-order valence-corrected chi connectivity index (χ3v) is 2.94. The molecule has 19 heavy (non-hydrogen) atoms. The first-order valence-corrected chi connectivity index (χ1v) is 6.25. The summed E-state index contributed by atoms with van der Waals surface area (Å²) >= 11 is 0. The van der Waals surface area contributed by atoms with Gasteiger partial charge in [-0.05, 0) is 6.42 Å². The molecule has 0 aliphatic heterocycles. The number of rotatable bonds is 9. The molecule has 0 rings (SSSR count). The first-order valence-electron chi connectivity index (χ1n) is 6.25. The Hall–Kier alpha value is -1.66. The fourth-order valence-corrected chi connectivity index (χ4v) is 1.95. The molecule has 0 spiro atoms. The number of hydrogen-bond donors (Lipinski definition) is 0. The molecule has 0 saturated heterocycles. The fourth-order valence-electron chi connectivity index (χ4n) is 1.95. The zero-order chi connectivity index (χ0) is 14.8. The number of unbranched alkanes of at least 4 members (excludes halogenated alkanes) is 2. The van der Waals surface area contributed by atoms with Crippen LogP contribution in [0.4, 0.5) is 0 Å². The first kappa shape index (κ1) is 17.3. The van der Waals surface area contributed by atoms with Crippen LogP contribution in [-0.4, -0.2) is 37.6 Å². The summed E-state index contributed by atoms with van der Waals surface area (Å²) < 4.78 is 9.08. The Morgan fingerprint density at radius 3 is 2.05 bits per heavy atom. The number of esters is 2. The molecule has 110 valence electrons. The Balaban J connectivity index is 4.93. The van der Waals surface area contributed by atoms with E-state index in [0.717, 1.165) is 33.5 Å². The third-order valence-electron chi connectivity index (χ3n) is 2.94. The van der Waals surface area contributed by atoms with E-state index in [1.54, 1.807) is 0 Å². The minimum Gasteiger partial charge on any atom is -0.468 e. The third kappa shape index (κ3) is 6.17. The van der Waals surface area contributed by atoms with Gasteiger partial charge in [0.05, 0.1) is 14.2 Å². The van der Waals surface area contributed by atoms with Crippen LogP contribution in [0.3, 0.4) is 0 Å². The Bertz CT molecular complexity index is 301. The number of nitro groups is 1. The monoisotopic (exact) mass is 275 g/mol. The zero-order valence-electron chi connectivity index (χ0n) is 11.6. The summed E-state index contributed by atoms with van der Waals surface area (Å²) in [5, 5.41) is 10.7. The van der Waals surface area contributed by atoms with Crippen LogP contribution in [0, 0.1) is 22.0 Å². The largest absolute Gasteiger partial charge is 0.468 e. The summed E-state index contributed by atoms with van der Waals surface area (Å²) in [5.41, 5.74) is 0. The molecular formula is C12H21NO6. The van der Waals surface area contributed by atoms with Gasteiger partial charge < -0.3 is 9.47 Å². The highest BCUT2D eigenvalue weighted by atomic mass is 16.6. The maximum atomic E-state index is 11.6. The van der Waals surface area contributed by atoms with E-state index in [4.69, 9.17) is 0 Å². The molecule has 0 bridgehead atoms. The number of methoxy groups -OCH3 is 2. The minimum absolute atomic E-state index is 0.420. The van der Waals surface area contributed by atoms with Gasteiger partial charge in [0.25, 0.3) is 0 Å². The summed E-state index contributed by atoms with van der Waals surface area (Å²) in [4.78, 5) is 33.4. The van der Waals surface area contributed by atoms with Crippen molar-refractivity contribution < 1.29 is 24.0 Å². The highest BCUT2D eigenvalue weighted by Gasteiger charge is 2.39. The van der Waals surface area contributed by atoms with E-state index in [2.05, 4.69) is 9.47 Å². The molecule has 0 amide bonds. The molecule has 0 aliphatic carbocycles. The average molecular weight is 275 g/mol. The molecule has 7 nitrogen and oxygen atoms in total. The molecule has 0 aromatic heterocycles. The van der Waals surface area contributed by atoms with Crippen molar-refractivity contribution in [3.05, 3.63) is 10.1 Å². The van der Waals surface area contributed by atoms with Gasteiger partial charge in [-0.1, -0.05) is 26.2 Å². The average Bonchev–Trinajstić information content (AvgIpc) is 2.37. The van der Waals surface area contributed by atoms with E-state index in [1.165, 1.54) is 0 Å². The second-order valence-corrected chi connectivity index (χ2v) is 4.30. The quantitative estimate of drug-likeness (QED) is 0.207. The number of hydrogen-bond acceptors (Lipinski definition) is 6. The van der Waals surface area contributed by atoms with Crippen LogP contribution in [-0.2, 0) is 19.1 Å². The van der Waals surface area contributed by atoms with Crippen LogP contribution in [0.1, 0.15) is 32.6 Å². The van der Waals surface area contributed by atoms with Crippen molar-refractivity contribution in [2.75, 3.05) is 20.8 Å². The summed E-state index contributed by atoms with van der Waals surface area (Å²) in [7, 11) is 2.29. The molecule has 1 atom stereocenters. The molecule has 0 aliphatic rings. The first-order chi connectivity index (χ1) is 8.97. The summed E-state index contributed by atoms with van der Waals surface area (Å²) in [6.07, 6.45) is 2.98. The molecule has 0 aromatic rings. The summed E-state index contributed by atoms with van der Waals surface area (Å²) in [6, 6.07) is 0. The zero-order valence-corrected chi connectivity index (χ0v) is 11.6. The number of nitrogens with zero attached hydrogens (tertiary/aromatic N) is 1. The molecule has 0 radical (unpaired) electrons. The van der Waals surface area contributed by atoms with Gasteiger partial charge in [-0.2, -0.15) is 0 Å². The van der Waals surface area contributed by atoms with Crippen molar-refractivity contribution in [2.24, 2.45) is 11.8 Å². The molecule has 0 saturated carbocycles. The van der Waals surface area contributed by atoms with E-state index in [9.17, 15) is 19.7 Å². The SMILES string of the molecule is CCCCCC(C[N+](=O)[O-])C(C(=O)OC)C(=O)OC. The van der Waals surface area contributed by atoms with Gasteiger partial charge in [0, 0.05) is 10.8 Å². The second-order valence-electron chi connectivity index (χ2n) is 4.30. The molecule has 1 unspecified atom stereocenters. The smallest absolute Gasteiger partial charge is 0.320 e. The highest BCUT2D eigenvalue weighted by Crippen LogP contribution is 2.22. The van der Waals surface area contributed by atoms with Crippen molar-refractivity contribution in [1.29, 1.82) is 0 Å². The lowest BCUT2D eigenvalue weighted by Gasteiger charge is -2.20. The van der Waals surface area contributed by atoms with Crippen molar-refractivity contribution in [3.63, 3.8) is 0 Å². The molecule has 0 aromatic carbocycles. The van der Waals surface area contributed by atoms with Crippen molar-refractivity contribution >= 4 is 11.9 Å². The normalized spacial score (nSPS) is 12.0. The van der Waals surface area contributed by atoms with Gasteiger partial charge in [0.2, 0.25) is 6.54 Å². The molecule has 0 heterocycles. The standard InChI is InChI=1S/C12H21NO6/c1-4-5-6-7-9(8-13(16)17)10(11(14)18-2)12(15)19-3/h9-10H,4-8H2,1-3H3. The van der Waals surface area contributed by atoms with Gasteiger partial charge in [-0.15, -0.1) is 0 Å². The van der Waals surface area contributed by atoms with E-state index in [-0.39, 0.29) is 0 Å². The Morgan fingerprint density at radius 1 is 1.16 bits per heavy atom. The minimum atomic E-state index is -1.22. The van der Waals surface area contributed by atoms with Crippen LogP contribution < -0.4 is 0 Å². The van der Waals surface area contributed by atoms with E-state index < -0.39 is 35.2 Å². The maximum Gasteiger partial charge on any atom is 0.320 e. The van der Waals surface area contributed by atoms with Gasteiger partial charge in [0.15, 0.2) is 5.92 Å². The highest BCUT2D eigenvalue weighted by molar-refractivity contribution is 5.95. The van der Waals surface area contributed by atoms with Crippen LogP contribution in [0.15, 0.2) is 0 Å². The van der Waals surface area contributed by atoms with Crippen molar-refractivity contribution in [2.45, 2.75) is 32.6 Å². The van der Waals surface area contributed by atoms with Gasteiger partial charge >= 0.3 is 11.9 Å². The molecule has 0 N–H and O–H groups in total. The van der Waals surface area contributed by atoms with Crippen LogP contribution in [0.5, 0.6) is 0 Å². The lowest BCUT2D eigenvalue weighted by atomic mass is 9.87. The maximum absolute atomic E-state index is 11.6. The van der Waals surface area contributed by atoms with Gasteiger partial charge in [-0.25, -0.2) is 0 Å². The van der Waals surface area contributed by atoms with Crippen molar-refractivity contribution in [3.8, 4) is 0 Å². The van der Waals surface area contributed by atoms with Crippen LogP contribution in [0.2, 0.25) is 0 Å².